The van der Waals surface area contributed by atoms with Gasteiger partial charge in [-0.2, -0.15) is 13.2 Å². The maximum Gasteiger partial charge on any atom is 0.400 e. The summed E-state index contributed by atoms with van der Waals surface area (Å²) in [4.78, 5) is 20.4. The summed E-state index contributed by atoms with van der Waals surface area (Å²) in [7, 11) is 0. The van der Waals surface area contributed by atoms with Crippen LogP contribution in [0.25, 0.3) is 0 Å². The summed E-state index contributed by atoms with van der Waals surface area (Å²) in [5, 5.41) is 0.542. The Labute approximate surface area is 204 Å². The van der Waals surface area contributed by atoms with Crippen LogP contribution >= 0.6 is 23.2 Å². The second-order valence-electron chi connectivity index (χ2n) is 8.47. The first-order valence-corrected chi connectivity index (χ1v) is 11.2. The molecule has 1 amide bonds. The summed E-state index contributed by atoms with van der Waals surface area (Å²) in [6.07, 6.45) is -6.40. The Morgan fingerprint density at radius 1 is 1.23 bits per heavy atom. The summed E-state index contributed by atoms with van der Waals surface area (Å²) in [6, 6.07) is 0.534. The number of aromatic nitrogens is 2. The van der Waals surface area contributed by atoms with Gasteiger partial charge in [-0.25, -0.2) is 27.5 Å². The van der Waals surface area contributed by atoms with Crippen molar-refractivity contribution in [1.29, 1.82) is 0 Å². The average molecular weight is 545 g/mol. The minimum Gasteiger partial charge on any atom is -0.352 e. The van der Waals surface area contributed by atoms with Gasteiger partial charge in [0.1, 0.15) is 21.9 Å². The van der Waals surface area contributed by atoms with Crippen LogP contribution < -0.4 is 10.2 Å². The molecule has 2 aliphatic rings. The van der Waals surface area contributed by atoms with Crippen molar-refractivity contribution in [3.8, 4) is 0 Å². The van der Waals surface area contributed by atoms with Crippen LogP contribution in [0, 0.1) is 17.6 Å². The van der Waals surface area contributed by atoms with E-state index in [1.54, 1.807) is 0 Å². The molecule has 2 fully saturated rings. The molecule has 1 saturated carbocycles. The summed E-state index contributed by atoms with van der Waals surface area (Å²) < 4.78 is 98.7. The lowest BCUT2D eigenvalue weighted by molar-refractivity contribution is -0.185. The number of halogens is 9. The van der Waals surface area contributed by atoms with Crippen LogP contribution in [0.4, 0.5) is 36.7 Å². The zero-order valence-electron chi connectivity index (χ0n) is 17.7. The van der Waals surface area contributed by atoms with Crippen LogP contribution in [0.5, 0.6) is 0 Å². The molecule has 1 aliphatic heterocycles. The molecule has 1 aliphatic carbocycles. The van der Waals surface area contributed by atoms with Gasteiger partial charge in [0.15, 0.2) is 5.82 Å². The molecule has 5 nitrogen and oxygen atoms in total. The highest BCUT2D eigenvalue weighted by atomic mass is 35.5. The summed E-state index contributed by atoms with van der Waals surface area (Å²) in [6.45, 7) is -1.57. The van der Waals surface area contributed by atoms with Gasteiger partial charge in [-0.3, -0.25) is 4.79 Å². The van der Waals surface area contributed by atoms with Gasteiger partial charge in [0.2, 0.25) is 11.9 Å². The van der Waals surface area contributed by atoms with Crippen molar-refractivity contribution in [1.82, 2.24) is 15.3 Å². The van der Waals surface area contributed by atoms with Gasteiger partial charge in [0, 0.05) is 42.9 Å². The van der Waals surface area contributed by atoms with E-state index in [1.165, 1.54) is 0 Å². The van der Waals surface area contributed by atoms with Crippen LogP contribution in [0.1, 0.15) is 42.5 Å². The van der Waals surface area contributed by atoms with Crippen molar-refractivity contribution in [2.24, 2.45) is 5.92 Å². The highest BCUT2D eigenvalue weighted by Gasteiger charge is 2.61. The number of carbonyl (C=O) groups excluding carboxylic acids is 1. The zero-order valence-corrected chi connectivity index (χ0v) is 19.2. The van der Waals surface area contributed by atoms with Crippen LogP contribution in [-0.2, 0) is 16.8 Å². The summed E-state index contributed by atoms with van der Waals surface area (Å²) in [5.74, 6) is -3.87. The quantitative estimate of drug-likeness (QED) is 0.286. The molecule has 1 aromatic carbocycles. The lowest BCUT2D eigenvalue weighted by atomic mass is 9.78. The van der Waals surface area contributed by atoms with Crippen molar-refractivity contribution < 1.29 is 35.5 Å². The average Bonchev–Trinajstić information content (AvgIpc) is 3.55. The van der Waals surface area contributed by atoms with Crippen LogP contribution in [0.15, 0.2) is 12.3 Å². The Hall–Kier alpha value is -2.34. The number of amides is 1. The molecule has 1 atom stereocenters. The number of rotatable bonds is 6. The number of anilines is 1. The highest BCUT2D eigenvalue weighted by Crippen LogP contribution is 2.50. The van der Waals surface area contributed by atoms with Gasteiger partial charge < -0.3 is 10.2 Å². The fraction of sp³-hybridized carbons (Fsp3) is 0.476. The number of nitrogens with zero attached hydrogens (tertiary/aromatic N) is 3. The monoisotopic (exact) mass is 544 g/mol. The predicted octanol–water partition coefficient (Wildman–Crippen LogP) is 5.74. The molecule has 0 bridgehead atoms. The molecule has 2 aromatic rings. The smallest absolute Gasteiger partial charge is 0.352 e. The van der Waals surface area contributed by atoms with Gasteiger partial charge in [0.05, 0.1) is 5.02 Å². The van der Waals surface area contributed by atoms with Crippen LogP contribution in [0.3, 0.4) is 0 Å². The number of carbonyl (C=O) groups is 1. The number of alkyl halides is 5. The topological polar surface area (TPSA) is 58.1 Å². The first-order chi connectivity index (χ1) is 16.4. The highest BCUT2D eigenvalue weighted by molar-refractivity contribution is 6.35. The Morgan fingerprint density at radius 3 is 2.51 bits per heavy atom. The molecular formula is C21H17Cl2F7N4O. The van der Waals surface area contributed by atoms with Gasteiger partial charge >= 0.3 is 6.18 Å². The molecule has 1 N–H and O–H groups in total. The van der Waals surface area contributed by atoms with E-state index in [0.29, 0.717) is 18.9 Å². The van der Waals surface area contributed by atoms with Crippen molar-refractivity contribution >= 4 is 35.1 Å². The summed E-state index contributed by atoms with van der Waals surface area (Å²) in [5.41, 5.74) is -4.65. The van der Waals surface area contributed by atoms with E-state index in [2.05, 4.69) is 15.3 Å². The third kappa shape index (κ3) is 4.74. The molecule has 0 radical (unpaired) electrons. The van der Waals surface area contributed by atoms with Crippen molar-refractivity contribution in [3.63, 3.8) is 0 Å². The lowest BCUT2D eigenvalue weighted by Crippen LogP contribution is -2.45. The van der Waals surface area contributed by atoms with Gasteiger partial charge in [-0.05, 0) is 25.3 Å². The van der Waals surface area contributed by atoms with E-state index in [-0.39, 0.29) is 30.5 Å². The molecule has 1 aromatic heterocycles. The Morgan fingerprint density at radius 2 is 1.91 bits per heavy atom. The van der Waals surface area contributed by atoms with Crippen molar-refractivity contribution in [2.45, 2.75) is 43.8 Å². The lowest BCUT2D eigenvalue weighted by Gasteiger charge is -2.33. The second kappa shape index (κ2) is 9.27. The minimum absolute atomic E-state index is 0.0813. The Balaban J connectivity index is 1.66. The predicted molar refractivity (Wildman–Crippen MR) is 113 cm³/mol. The summed E-state index contributed by atoms with van der Waals surface area (Å²) >= 11 is 11.2. The molecule has 4 rings (SSSR count). The molecule has 190 valence electrons. The van der Waals surface area contributed by atoms with Crippen molar-refractivity contribution in [2.75, 3.05) is 18.0 Å². The van der Waals surface area contributed by atoms with Gasteiger partial charge in [0.25, 0.3) is 6.43 Å². The van der Waals surface area contributed by atoms with Crippen molar-refractivity contribution in [3.05, 3.63) is 50.8 Å². The Kier molecular flexibility index (Phi) is 6.82. The van der Waals surface area contributed by atoms with E-state index < -0.39 is 69.9 Å². The fourth-order valence-electron chi connectivity index (χ4n) is 4.07. The molecule has 14 heteroatoms. The van der Waals surface area contributed by atoms with Crippen LogP contribution in [-0.4, -0.2) is 35.1 Å². The first-order valence-electron chi connectivity index (χ1n) is 10.4. The second-order valence-corrected chi connectivity index (χ2v) is 9.26. The number of nitrogens with one attached hydrogen (secondary N) is 1. The van der Waals surface area contributed by atoms with Gasteiger partial charge in [-0.1, -0.05) is 23.2 Å². The molecule has 1 saturated heterocycles. The largest absolute Gasteiger partial charge is 0.400 e. The van der Waals surface area contributed by atoms with E-state index in [0.717, 1.165) is 11.1 Å². The van der Waals surface area contributed by atoms with E-state index in [9.17, 15) is 35.5 Å². The minimum atomic E-state index is -5.04. The third-order valence-electron chi connectivity index (χ3n) is 6.21. The van der Waals surface area contributed by atoms with E-state index in [4.69, 9.17) is 23.2 Å². The van der Waals surface area contributed by atoms with Gasteiger partial charge in [-0.15, -0.1) is 0 Å². The van der Waals surface area contributed by atoms with E-state index in [1.807, 2.05) is 0 Å². The normalized spacial score (nSPS) is 20.6. The molecular weight excluding hydrogens is 528 g/mol. The number of hydrogen-bond donors (Lipinski definition) is 1. The maximum absolute atomic E-state index is 14.7. The number of hydrogen-bond acceptors (Lipinski definition) is 4. The molecule has 2 heterocycles. The standard InChI is InChI=1S/C21H17Cl2F7N4O/c22-12-5-11(14(24)13(23)15(12)25)20(21(28,29)30)3-4-34(8-20)19-32-7-10(16(33-19)17(26)27)6-31-18(35)9-1-2-9/h5,7,9,17H,1-4,6,8H2,(H,31,35). The molecule has 0 spiro atoms. The van der Waals surface area contributed by atoms with E-state index >= 15 is 0 Å². The maximum atomic E-state index is 14.7. The third-order valence-corrected chi connectivity index (χ3v) is 6.81. The SMILES string of the molecule is O=C(NCc1cnc(N2CCC(c3cc(Cl)c(F)c(Cl)c3F)(C(F)(F)F)C2)nc1C(F)F)C1CC1. The molecule has 1 unspecified atom stereocenters. The molecule has 35 heavy (non-hydrogen) atoms. The zero-order chi connectivity index (χ0) is 25.7. The first kappa shape index (κ1) is 25.7. The fourth-order valence-corrected chi connectivity index (χ4v) is 4.52. The van der Waals surface area contributed by atoms with Crippen LogP contribution in [0.2, 0.25) is 10.0 Å². The number of benzene rings is 1. The Bertz CT molecular complexity index is 1160.